The van der Waals surface area contributed by atoms with Crippen molar-refractivity contribution in [3.8, 4) is 5.75 Å². The Bertz CT molecular complexity index is 634. The van der Waals surface area contributed by atoms with Crippen LogP contribution in [0.25, 0.3) is 0 Å². The summed E-state index contributed by atoms with van der Waals surface area (Å²) in [5, 5.41) is 4.64. The summed E-state index contributed by atoms with van der Waals surface area (Å²) >= 11 is 0. The fraction of sp³-hybridized carbons (Fsp3) is 0.412. The number of carbonyl (C=O) groups excluding carboxylic acids is 4. The molecule has 0 radical (unpaired) electrons. The standard InChI is InChI=1S/C17H22N2O6/c1-11(15(22)18-16(23)19-17(2,3)4)25-14(21)10-24-13-7-5-12(9-20)6-8-13/h5-9,11H,10H2,1-4H3,(H2,18,19,22,23)/t11-/m1/s1. The van der Waals surface area contributed by atoms with Gasteiger partial charge < -0.3 is 14.8 Å². The van der Waals surface area contributed by atoms with E-state index in [1.807, 2.05) is 0 Å². The molecule has 0 fully saturated rings. The number of hydrogen-bond donors (Lipinski definition) is 2. The summed E-state index contributed by atoms with van der Waals surface area (Å²) in [5.41, 5.74) is -0.0221. The lowest BCUT2D eigenvalue weighted by Crippen LogP contribution is -2.50. The summed E-state index contributed by atoms with van der Waals surface area (Å²) in [6.45, 7) is 6.22. The van der Waals surface area contributed by atoms with Crippen molar-refractivity contribution < 1.29 is 28.7 Å². The highest BCUT2D eigenvalue weighted by atomic mass is 16.6. The third-order valence-electron chi connectivity index (χ3n) is 2.78. The second-order valence-electron chi connectivity index (χ2n) is 6.30. The molecule has 8 nitrogen and oxygen atoms in total. The molecule has 3 amide bonds. The zero-order valence-electron chi connectivity index (χ0n) is 14.6. The molecule has 0 unspecified atom stereocenters. The highest BCUT2D eigenvalue weighted by Crippen LogP contribution is 2.11. The van der Waals surface area contributed by atoms with Crippen LogP contribution in [0.5, 0.6) is 5.75 Å². The van der Waals surface area contributed by atoms with Gasteiger partial charge in [0.2, 0.25) is 0 Å². The van der Waals surface area contributed by atoms with E-state index < -0.39 is 36.2 Å². The fourth-order valence-corrected chi connectivity index (χ4v) is 1.65. The average Bonchev–Trinajstić information content (AvgIpc) is 2.51. The largest absolute Gasteiger partial charge is 0.482 e. The van der Waals surface area contributed by atoms with Crippen LogP contribution in [0.15, 0.2) is 24.3 Å². The van der Waals surface area contributed by atoms with Gasteiger partial charge in [-0.05, 0) is 52.0 Å². The summed E-state index contributed by atoms with van der Waals surface area (Å²) in [6, 6.07) is 5.47. The fourth-order valence-electron chi connectivity index (χ4n) is 1.65. The first-order chi connectivity index (χ1) is 11.6. The molecule has 1 rings (SSSR count). The normalized spacial score (nSPS) is 11.8. The Labute approximate surface area is 145 Å². The maximum Gasteiger partial charge on any atom is 0.344 e. The zero-order valence-corrected chi connectivity index (χ0v) is 14.6. The molecule has 0 aromatic heterocycles. The van der Waals surface area contributed by atoms with E-state index in [0.717, 1.165) is 0 Å². The quantitative estimate of drug-likeness (QED) is 0.593. The van der Waals surface area contributed by atoms with Crippen LogP contribution in [-0.4, -0.2) is 42.4 Å². The minimum atomic E-state index is -1.15. The van der Waals surface area contributed by atoms with Gasteiger partial charge in [-0.1, -0.05) is 0 Å². The number of carbonyl (C=O) groups is 4. The first kappa shape index (κ1) is 20.1. The van der Waals surface area contributed by atoms with Gasteiger partial charge in [-0.15, -0.1) is 0 Å². The number of rotatable bonds is 6. The molecule has 0 aliphatic carbocycles. The number of nitrogens with one attached hydrogen (secondary N) is 2. The Morgan fingerprint density at radius 1 is 1.16 bits per heavy atom. The van der Waals surface area contributed by atoms with E-state index in [1.165, 1.54) is 31.2 Å². The number of aldehydes is 1. The van der Waals surface area contributed by atoms with Crippen molar-refractivity contribution in [1.29, 1.82) is 0 Å². The van der Waals surface area contributed by atoms with Crippen LogP contribution in [0.3, 0.4) is 0 Å². The van der Waals surface area contributed by atoms with Crippen LogP contribution in [-0.2, 0) is 14.3 Å². The Kier molecular flexibility index (Phi) is 7.10. The van der Waals surface area contributed by atoms with E-state index in [9.17, 15) is 19.2 Å². The average molecular weight is 350 g/mol. The van der Waals surface area contributed by atoms with Gasteiger partial charge >= 0.3 is 12.0 Å². The van der Waals surface area contributed by atoms with Crippen LogP contribution < -0.4 is 15.4 Å². The van der Waals surface area contributed by atoms with E-state index >= 15 is 0 Å². The molecule has 1 atom stereocenters. The van der Waals surface area contributed by atoms with Crippen LogP contribution in [0, 0.1) is 0 Å². The molecule has 0 aliphatic rings. The molecule has 0 spiro atoms. The van der Waals surface area contributed by atoms with Crippen LogP contribution in [0.2, 0.25) is 0 Å². The zero-order chi connectivity index (χ0) is 19.0. The first-order valence-electron chi connectivity index (χ1n) is 7.61. The van der Waals surface area contributed by atoms with Crippen molar-refractivity contribution in [3.05, 3.63) is 29.8 Å². The minimum Gasteiger partial charge on any atom is -0.482 e. The monoisotopic (exact) mass is 350 g/mol. The predicted molar refractivity (Wildman–Crippen MR) is 89.3 cm³/mol. The van der Waals surface area contributed by atoms with Crippen LogP contribution in [0.4, 0.5) is 4.79 Å². The van der Waals surface area contributed by atoms with Gasteiger partial charge in [0, 0.05) is 11.1 Å². The van der Waals surface area contributed by atoms with Gasteiger partial charge in [-0.25, -0.2) is 9.59 Å². The Hall–Kier alpha value is -2.90. The van der Waals surface area contributed by atoms with Crippen molar-refractivity contribution in [2.45, 2.75) is 39.3 Å². The van der Waals surface area contributed by atoms with Crippen molar-refractivity contribution in [2.24, 2.45) is 0 Å². The van der Waals surface area contributed by atoms with Crippen molar-refractivity contribution in [3.63, 3.8) is 0 Å². The molecular formula is C17H22N2O6. The number of imide groups is 1. The Balaban J connectivity index is 2.40. The van der Waals surface area contributed by atoms with Crippen molar-refractivity contribution >= 4 is 24.2 Å². The van der Waals surface area contributed by atoms with E-state index in [2.05, 4.69) is 10.6 Å². The van der Waals surface area contributed by atoms with E-state index in [0.29, 0.717) is 17.6 Å². The summed E-state index contributed by atoms with van der Waals surface area (Å²) < 4.78 is 10.1. The van der Waals surface area contributed by atoms with Gasteiger partial charge in [-0.2, -0.15) is 0 Å². The van der Waals surface area contributed by atoms with Gasteiger partial charge in [0.05, 0.1) is 0 Å². The van der Waals surface area contributed by atoms with Gasteiger partial charge in [0.1, 0.15) is 12.0 Å². The molecule has 2 N–H and O–H groups in total. The molecule has 0 saturated carbocycles. The number of amides is 3. The Morgan fingerprint density at radius 2 is 1.76 bits per heavy atom. The van der Waals surface area contributed by atoms with E-state index in [1.54, 1.807) is 20.8 Å². The molecule has 1 aromatic carbocycles. The summed E-state index contributed by atoms with van der Waals surface area (Å²) in [6.07, 6.45) is -0.465. The van der Waals surface area contributed by atoms with Gasteiger partial charge in [-0.3, -0.25) is 14.9 Å². The SMILES string of the molecule is C[C@@H](OC(=O)COc1ccc(C=O)cc1)C(=O)NC(=O)NC(C)(C)C. The highest BCUT2D eigenvalue weighted by Gasteiger charge is 2.22. The number of hydrogen-bond acceptors (Lipinski definition) is 6. The molecule has 0 heterocycles. The smallest absolute Gasteiger partial charge is 0.344 e. The molecule has 136 valence electrons. The summed E-state index contributed by atoms with van der Waals surface area (Å²) in [7, 11) is 0. The highest BCUT2D eigenvalue weighted by molar-refractivity contribution is 5.97. The number of esters is 1. The maximum absolute atomic E-state index is 11.8. The number of benzene rings is 1. The van der Waals surface area contributed by atoms with Crippen molar-refractivity contribution in [1.82, 2.24) is 10.6 Å². The summed E-state index contributed by atoms with van der Waals surface area (Å²) in [4.78, 5) is 45.6. The molecule has 0 aliphatic heterocycles. The van der Waals surface area contributed by atoms with Gasteiger partial charge in [0.25, 0.3) is 5.91 Å². The molecule has 25 heavy (non-hydrogen) atoms. The van der Waals surface area contributed by atoms with E-state index in [4.69, 9.17) is 9.47 Å². The van der Waals surface area contributed by atoms with Crippen molar-refractivity contribution in [2.75, 3.05) is 6.61 Å². The van der Waals surface area contributed by atoms with E-state index in [-0.39, 0.29) is 0 Å². The van der Waals surface area contributed by atoms with Crippen LogP contribution >= 0.6 is 0 Å². The lowest BCUT2D eigenvalue weighted by molar-refractivity contribution is -0.156. The Morgan fingerprint density at radius 3 is 2.28 bits per heavy atom. The second kappa shape index (κ2) is 8.81. The molecule has 0 bridgehead atoms. The predicted octanol–water partition coefficient (Wildman–Crippen LogP) is 1.43. The number of ether oxygens (including phenoxy) is 2. The van der Waals surface area contributed by atoms with Crippen LogP contribution in [0.1, 0.15) is 38.1 Å². The maximum atomic E-state index is 11.8. The minimum absolute atomic E-state index is 0.379. The topological polar surface area (TPSA) is 111 Å². The summed E-state index contributed by atoms with van der Waals surface area (Å²) in [5.74, 6) is -1.13. The molecule has 0 saturated heterocycles. The lowest BCUT2D eigenvalue weighted by atomic mass is 10.1. The second-order valence-corrected chi connectivity index (χ2v) is 6.30. The third-order valence-corrected chi connectivity index (χ3v) is 2.78. The molecule has 1 aromatic rings. The van der Waals surface area contributed by atoms with Gasteiger partial charge in [0.15, 0.2) is 12.7 Å². The third kappa shape index (κ3) is 7.96. The first-order valence-corrected chi connectivity index (χ1v) is 7.61. The lowest BCUT2D eigenvalue weighted by Gasteiger charge is -2.21. The molecular weight excluding hydrogens is 328 g/mol. The molecule has 8 heteroatoms. The number of urea groups is 1.